The van der Waals surface area contributed by atoms with Gasteiger partial charge in [0.1, 0.15) is 0 Å². The summed E-state index contributed by atoms with van der Waals surface area (Å²) in [7, 11) is 4.23. The third-order valence-corrected chi connectivity index (χ3v) is 2.72. The lowest BCUT2D eigenvalue weighted by molar-refractivity contribution is 0.402. The molecule has 0 heterocycles. The molecule has 0 N–H and O–H groups in total. The van der Waals surface area contributed by atoms with E-state index in [1.165, 1.54) is 36.0 Å². The number of nitrogens with zero attached hydrogens (tertiary/aromatic N) is 1. The van der Waals surface area contributed by atoms with E-state index in [4.69, 9.17) is 0 Å². The summed E-state index contributed by atoms with van der Waals surface area (Å²) in [5.41, 5.74) is 4.42. The molecular formula is C13H18N. The summed E-state index contributed by atoms with van der Waals surface area (Å²) in [6.45, 7) is 1.04. The molecule has 1 aromatic rings. The second-order valence-electron chi connectivity index (χ2n) is 4.37. The quantitative estimate of drug-likeness (QED) is 0.689. The van der Waals surface area contributed by atoms with E-state index in [0.717, 1.165) is 6.54 Å². The summed E-state index contributed by atoms with van der Waals surface area (Å²) in [5, 5.41) is 0. The van der Waals surface area contributed by atoms with E-state index in [2.05, 4.69) is 43.6 Å². The van der Waals surface area contributed by atoms with Crippen molar-refractivity contribution in [1.29, 1.82) is 0 Å². The van der Waals surface area contributed by atoms with Gasteiger partial charge >= 0.3 is 0 Å². The van der Waals surface area contributed by atoms with Crippen LogP contribution in [0.4, 0.5) is 0 Å². The number of hydrogen-bond donors (Lipinski definition) is 0. The van der Waals surface area contributed by atoms with Crippen LogP contribution < -0.4 is 0 Å². The van der Waals surface area contributed by atoms with E-state index < -0.39 is 0 Å². The van der Waals surface area contributed by atoms with Gasteiger partial charge in [0.2, 0.25) is 0 Å². The van der Waals surface area contributed by atoms with Crippen LogP contribution >= 0.6 is 0 Å². The molecule has 0 amide bonds. The van der Waals surface area contributed by atoms with Crippen LogP contribution in [0, 0.1) is 6.42 Å². The van der Waals surface area contributed by atoms with Gasteiger partial charge in [0.25, 0.3) is 0 Å². The van der Waals surface area contributed by atoms with Crippen LogP contribution in [0.25, 0.3) is 0 Å². The first-order chi connectivity index (χ1) is 6.75. The molecule has 1 aliphatic carbocycles. The first-order valence-corrected chi connectivity index (χ1v) is 5.35. The van der Waals surface area contributed by atoms with Gasteiger partial charge in [-0.1, -0.05) is 18.2 Å². The molecule has 0 bridgehead atoms. The number of aryl methyl sites for hydroxylation is 1. The van der Waals surface area contributed by atoms with Gasteiger partial charge in [-0.15, -0.1) is 0 Å². The molecule has 75 valence electrons. The van der Waals surface area contributed by atoms with Gasteiger partial charge in [-0.25, -0.2) is 0 Å². The lowest BCUT2D eigenvalue weighted by atomic mass is 9.90. The van der Waals surface area contributed by atoms with Crippen molar-refractivity contribution in [2.45, 2.75) is 25.8 Å². The molecule has 1 aliphatic rings. The number of rotatable bonds is 2. The van der Waals surface area contributed by atoms with E-state index >= 15 is 0 Å². The third kappa shape index (κ3) is 2.16. The summed E-state index contributed by atoms with van der Waals surface area (Å²) in [5.74, 6) is 0. The lowest BCUT2D eigenvalue weighted by Crippen LogP contribution is -2.11. The minimum absolute atomic E-state index is 1.04. The molecule has 14 heavy (non-hydrogen) atoms. The molecule has 0 saturated carbocycles. The maximum absolute atomic E-state index is 2.37. The highest BCUT2D eigenvalue weighted by Crippen LogP contribution is 2.23. The van der Waals surface area contributed by atoms with Gasteiger partial charge in [-0.2, -0.15) is 0 Å². The Morgan fingerprint density at radius 3 is 2.93 bits per heavy atom. The molecular weight excluding hydrogens is 170 g/mol. The summed E-state index contributed by atoms with van der Waals surface area (Å²) >= 11 is 0. The van der Waals surface area contributed by atoms with Crippen molar-refractivity contribution < 1.29 is 0 Å². The van der Waals surface area contributed by atoms with Crippen LogP contribution in [0.2, 0.25) is 0 Å². The van der Waals surface area contributed by atoms with Crippen LogP contribution in [-0.2, 0) is 13.0 Å². The van der Waals surface area contributed by atoms with Crippen molar-refractivity contribution in [3.8, 4) is 0 Å². The van der Waals surface area contributed by atoms with Crippen molar-refractivity contribution in [3.63, 3.8) is 0 Å². The van der Waals surface area contributed by atoms with Crippen LogP contribution in [0.1, 0.15) is 29.5 Å². The Morgan fingerprint density at radius 1 is 1.29 bits per heavy atom. The topological polar surface area (TPSA) is 3.24 Å². The van der Waals surface area contributed by atoms with Crippen molar-refractivity contribution in [2.75, 3.05) is 14.1 Å². The van der Waals surface area contributed by atoms with Gasteiger partial charge < -0.3 is 4.90 Å². The minimum Gasteiger partial charge on any atom is -0.305 e. The molecule has 1 heteroatoms. The van der Waals surface area contributed by atoms with Gasteiger partial charge in [-0.05, 0) is 56.5 Å². The third-order valence-electron chi connectivity index (χ3n) is 2.72. The van der Waals surface area contributed by atoms with E-state index in [0.29, 0.717) is 0 Å². The largest absolute Gasteiger partial charge is 0.305 e. The molecule has 0 saturated heterocycles. The number of hydrogen-bond acceptors (Lipinski definition) is 1. The minimum atomic E-state index is 1.04. The van der Waals surface area contributed by atoms with E-state index in [-0.39, 0.29) is 0 Å². The number of fused-ring (bicyclic) bond motifs is 1. The van der Waals surface area contributed by atoms with E-state index in [1.807, 2.05) is 0 Å². The van der Waals surface area contributed by atoms with Crippen LogP contribution in [0.5, 0.6) is 0 Å². The fraction of sp³-hybridized carbons (Fsp3) is 0.462. The van der Waals surface area contributed by atoms with Gasteiger partial charge in [0.15, 0.2) is 0 Å². The Morgan fingerprint density at radius 2 is 2.14 bits per heavy atom. The SMILES string of the molecule is CN(C)Cc1ccc2c(c1)[CH]CCC2. The van der Waals surface area contributed by atoms with Gasteiger partial charge in [0.05, 0.1) is 0 Å². The maximum Gasteiger partial charge on any atom is 0.0227 e. The molecule has 0 spiro atoms. The average molecular weight is 188 g/mol. The second-order valence-corrected chi connectivity index (χ2v) is 4.37. The Balaban J connectivity index is 2.20. The van der Waals surface area contributed by atoms with Crippen molar-refractivity contribution in [1.82, 2.24) is 4.90 Å². The zero-order valence-electron chi connectivity index (χ0n) is 9.09. The zero-order chi connectivity index (χ0) is 9.97. The summed E-state index contributed by atoms with van der Waals surface area (Å²) < 4.78 is 0. The van der Waals surface area contributed by atoms with E-state index in [1.54, 1.807) is 0 Å². The van der Waals surface area contributed by atoms with E-state index in [9.17, 15) is 0 Å². The predicted octanol–water partition coefficient (Wildman–Crippen LogP) is 2.64. The Hall–Kier alpha value is -0.820. The van der Waals surface area contributed by atoms with Crippen LogP contribution in [-0.4, -0.2) is 19.0 Å². The zero-order valence-corrected chi connectivity index (χ0v) is 9.09. The first kappa shape index (κ1) is 9.72. The second kappa shape index (κ2) is 4.14. The highest BCUT2D eigenvalue weighted by molar-refractivity contribution is 5.38. The summed E-state index contributed by atoms with van der Waals surface area (Å²) in [6, 6.07) is 6.90. The van der Waals surface area contributed by atoms with Gasteiger partial charge in [0, 0.05) is 6.54 Å². The molecule has 2 rings (SSSR count). The molecule has 1 aromatic carbocycles. The molecule has 0 atom stereocenters. The van der Waals surface area contributed by atoms with Crippen molar-refractivity contribution in [2.24, 2.45) is 0 Å². The highest BCUT2D eigenvalue weighted by Gasteiger charge is 2.09. The fourth-order valence-corrected chi connectivity index (χ4v) is 2.08. The molecule has 0 aliphatic heterocycles. The number of benzene rings is 1. The predicted molar refractivity (Wildman–Crippen MR) is 60.2 cm³/mol. The first-order valence-electron chi connectivity index (χ1n) is 5.35. The molecule has 0 aromatic heterocycles. The monoisotopic (exact) mass is 188 g/mol. The molecule has 0 unspecified atom stereocenters. The smallest absolute Gasteiger partial charge is 0.0227 e. The molecule has 1 radical (unpaired) electrons. The van der Waals surface area contributed by atoms with Crippen molar-refractivity contribution >= 4 is 0 Å². The normalized spacial score (nSPS) is 15.6. The highest BCUT2D eigenvalue weighted by atomic mass is 15.0. The van der Waals surface area contributed by atoms with Crippen LogP contribution in [0.15, 0.2) is 18.2 Å². The van der Waals surface area contributed by atoms with Gasteiger partial charge in [-0.3, -0.25) is 0 Å². The molecule has 0 fully saturated rings. The lowest BCUT2D eigenvalue weighted by Gasteiger charge is -2.17. The average Bonchev–Trinajstić information content (AvgIpc) is 2.17. The Bertz CT molecular complexity index is 315. The van der Waals surface area contributed by atoms with Crippen LogP contribution in [0.3, 0.4) is 0 Å². The molecule has 1 nitrogen and oxygen atoms in total. The maximum atomic E-state index is 2.37. The summed E-state index contributed by atoms with van der Waals surface area (Å²) in [4.78, 5) is 2.21. The fourth-order valence-electron chi connectivity index (χ4n) is 2.08. The Kier molecular flexibility index (Phi) is 2.87. The summed E-state index contributed by atoms with van der Waals surface area (Å²) in [6.07, 6.45) is 6.20. The Labute approximate surface area is 86.7 Å². The standard InChI is InChI=1S/C13H18N/c1-14(2)10-11-7-8-12-5-3-4-6-13(12)9-11/h6-9H,3-5,10H2,1-2H3. The van der Waals surface area contributed by atoms with Crippen molar-refractivity contribution in [3.05, 3.63) is 41.3 Å².